The first-order valence-electron chi connectivity index (χ1n) is 5.44. The third kappa shape index (κ3) is 2.13. The van der Waals surface area contributed by atoms with Crippen LogP contribution in [0.25, 0.3) is 0 Å². The normalized spacial score (nSPS) is 13.2. The summed E-state index contributed by atoms with van der Waals surface area (Å²) >= 11 is 0. The van der Waals surface area contributed by atoms with Gasteiger partial charge in [0.15, 0.2) is 0 Å². The molecule has 0 aliphatic rings. The average molecular weight is 197 g/mol. The van der Waals surface area contributed by atoms with E-state index in [0.717, 1.165) is 5.70 Å². The van der Waals surface area contributed by atoms with Gasteiger partial charge >= 0.3 is 0 Å². The molecule has 0 radical (unpaired) electrons. The van der Waals surface area contributed by atoms with Crippen molar-refractivity contribution in [2.24, 2.45) is 11.3 Å². The highest BCUT2D eigenvalue weighted by molar-refractivity contribution is 5.03. The Hall–Kier alpha value is -0.460. The summed E-state index contributed by atoms with van der Waals surface area (Å²) in [6.45, 7) is 19.9. The Kier molecular flexibility index (Phi) is 3.83. The maximum atomic E-state index is 4.02. The van der Waals surface area contributed by atoms with Crippen molar-refractivity contribution in [2.75, 3.05) is 7.05 Å². The van der Waals surface area contributed by atoms with Crippen LogP contribution in [-0.4, -0.2) is 17.5 Å². The lowest BCUT2D eigenvalue weighted by Crippen LogP contribution is -2.53. The molecule has 1 heteroatoms. The molecule has 1 nitrogen and oxygen atoms in total. The second-order valence-electron chi connectivity index (χ2n) is 5.73. The SMILES string of the molecule is C=C(C)N(C)C(C)(C)C(C)(C)C(C)C. The molecule has 0 unspecified atom stereocenters. The minimum absolute atomic E-state index is 0.132. The van der Waals surface area contributed by atoms with Crippen LogP contribution in [-0.2, 0) is 0 Å². The maximum Gasteiger partial charge on any atom is 0.0392 e. The van der Waals surface area contributed by atoms with Gasteiger partial charge in [-0.25, -0.2) is 0 Å². The fraction of sp³-hybridized carbons (Fsp3) is 0.846. The molecule has 84 valence electrons. The van der Waals surface area contributed by atoms with E-state index in [2.05, 4.69) is 67.0 Å². The van der Waals surface area contributed by atoms with E-state index in [1.54, 1.807) is 0 Å². The molecule has 0 atom stereocenters. The van der Waals surface area contributed by atoms with E-state index in [1.807, 2.05) is 0 Å². The zero-order valence-electron chi connectivity index (χ0n) is 11.2. The highest BCUT2D eigenvalue weighted by Crippen LogP contribution is 2.42. The van der Waals surface area contributed by atoms with E-state index >= 15 is 0 Å². The number of nitrogens with zero attached hydrogens (tertiary/aromatic N) is 1. The van der Waals surface area contributed by atoms with Gasteiger partial charge in [-0.3, -0.25) is 0 Å². The summed E-state index contributed by atoms with van der Waals surface area (Å²) in [4.78, 5) is 2.28. The van der Waals surface area contributed by atoms with Crippen LogP contribution in [0.5, 0.6) is 0 Å². The standard InChI is InChI=1S/C13H27N/c1-10(2)12(5,6)13(7,8)14(9)11(3)4/h10H,3H2,1-2,4-9H3. The van der Waals surface area contributed by atoms with Gasteiger partial charge in [-0.2, -0.15) is 0 Å². The van der Waals surface area contributed by atoms with Crippen molar-refractivity contribution in [3.63, 3.8) is 0 Å². The number of allylic oxidation sites excluding steroid dienone is 1. The Bertz CT molecular complexity index is 211. The first-order chi connectivity index (χ1) is 6.05. The monoisotopic (exact) mass is 197 g/mol. The second kappa shape index (κ2) is 3.96. The molecule has 0 aromatic rings. The van der Waals surface area contributed by atoms with Crippen molar-refractivity contribution < 1.29 is 0 Å². The molecule has 0 saturated heterocycles. The summed E-state index contributed by atoms with van der Waals surface area (Å²) in [6, 6.07) is 0. The largest absolute Gasteiger partial charge is 0.373 e. The van der Waals surface area contributed by atoms with Gasteiger partial charge < -0.3 is 4.90 Å². The van der Waals surface area contributed by atoms with Gasteiger partial charge in [0, 0.05) is 18.3 Å². The fourth-order valence-electron chi connectivity index (χ4n) is 1.62. The van der Waals surface area contributed by atoms with Crippen LogP contribution in [0.1, 0.15) is 48.5 Å². The molecular weight excluding hydrogens is 170 g/mol. The highest BCUT2D eigenvalue weighted by atomic mass is 15.2. The summed E-state index contributed by atoms with van der Waals surface area (Å²) in [5, 5.41) is 0. The van der Waals surface area contributed by atoms with Crippen LogP contribution in [0.15, 0.2) is 12.3 Å². The summed E-state index contributed by atoms with van der Waals surface area (Å²) in [6.07, 6.45) is 0. The van der Waals surface area contributed by atoms with Gasteiger partial charge in [0.1, 0.15) is 0 Å². The predicted molar refractivity (Wildman–Crippen MR) is 65.3 cm³/mol. The van der Waals surface area contributed by atoms with Crippen molar-refractivity contribution >= 4 is 0 Å². The van der Waals surface area contributed by atoms with Crippen LogP contribution >= 0.6 is 0 Å². The molecule has 0 N–H and O–H groups in total. The van der Waals surface area contributed by atoms with Crippen molar-refractivity contribution in [1.82, 2.24) is 4.90 Å². The molecule has 0 rings (SSSR count). The summed E-state index contributed by atoms with van der Waals surface area (Å²) in [7, 11) is 2.13. The molecule has 0 aromatic carbocycles. The predicted octanol–water partition coefficient (Wildman–Crippen LogP) is 3.91. The highest BCUT2D eigenvalue weighted by Gasteiger charge is 2.42. The lowest BCUT2D eigenvalue weighted by molar-refractivity contribution is 0.0198. The molecule has 0 bridgehead atoms. The minimum atomic E-state index is 0.132. The van der Waals surface area contributed by atoms with E-state index in [-0.39, 0.29) is 11.0 Å². The molecular formula is C13H27N. The molecule has 0 heterocycles. The molecule has 14 heavy (non-hydrogen) atoms. The van der Waals surface area contributed by atoms with Crippen molar-refractivity contribution in [3.8, 4) is 0 Å². The molecule has 0 saturated carbocycles. The van der Waals surface area contributed by atoms with Crippen molar-refractivity contribution in [1.29, 1.82) is 0 Å². The summed E-state index contributed by atoms with van der Waals surface area (Å²) in [5.41, 5.74) is 1.52. The molecule has 0 aliphatic heterocycles. The summed E-state index contributed by atoms with van der Waals surface area (Å²) < 4.78 is 0. The third-order valence-corrected chi connectivity index (χ3v) is 4.43. The summed E-state index contributed by atoms with van der Waals surface area (Å²) in [5.74, 6) is 0.652. The van der Waals surface area contributed by atoms with E-state index in [0.29, 0.717) is 5.92 Å². The second-order valence-corrected chi connectivity index (χ2v) is 5.73. The van der Waals surface area contributed by atoms with Gasteiger partial charge in [-0.1, -0.05) is 34.3 Å². The van der Waals surface area contributed by atoms with E-state index in [9.17, 15) is 0 Å². The molecule has 0 amide bonds. The van der Waals surface area contributed by atoms with Crippen LogP contribution in [0.4, 0.5) is 0 Å². The molecule has 0 spiro atoms. The topological polar surface area (TPSA) is 3.24 Å². The van der Waals surface area contributed by atoms with E-state index < -0.39 is 0 Å². The van der Waals surface area contributed by atoms with Crippen molar-refractivity contribution in [3.05, 3.63) is 12.3 Å². The maximum absolute atomic E-state index is 4.02. The van der Waals surface area contributed by atoms with Gasteiger partial charge in [0.2, 0.25) is 0 Å². The smallest absolute Gasteiger partial charge is 0.0392 e. The lowest BCUT2D eigenvalue weighted by atomic mass is 9.66. The van der Waals surface area contributed by atoms with E-state index in [1.165, 1.54) is 0 Å². The molecule has 0 aliphatic carbocycles. The van der Waals surface area contributed by atoms with Crippen LogP contribution in [0, 0.1) is 11.3 Å². The first-order valence-corrected chi connectivity index (χ1v) is 5.44. The van der Waals surface area contributed by atoms with Gasteiger partial charge in [-0.15, -0.1) is 0 Å². The zero-order valence-corrected chi connectivity index (χ0v) is 11.2. The number of hydrogen-bond donors (Lipinski definition) is 0. The lowest BCUT2D eigenvalue weighted by Gasteiger charge is -2.51. The van der Waals surface area contributed by atoms with Crippen LogP contribution < -0.4 is 0 Å². The zero-order chi connectivity index (χ0) is 11.7. The van der Waals surface area contributed by atoms with Gasteiger partial charge in [0.25, 0.3) is 0 Å². The van der Waals surface area contributed by atoms with Crippen LogP contribution in [0.2, 0.25) is 0 Å². The van der Waals surface area contributed by atoms with Gasteiger partial charge in [0.05, 0.1) is 0 Å². The fourth-order valence-corrected chi connectivity index (χ4v) is 1.62. The molecule has 0 fully saturated rings. The third-order valence-electron chi connectivity index (χ3n) is 4.43. The Morgan fingerprint density at radius 3 is 1.71 bits per heavy atom. The number of rotatable bonds is 4. The first kappa shape index (κ1) is 13.5. The van der Waals surface area contributed by atoms with Crippen molar-refractivity contribution in [2.45, 2.75) is 54.0 Å². The van der Waals surface area contributed by atoms with Crippen LogP contribution in [0.3, 0.4) is 0 Å². The Morgan fingerprint density at radius 1 is 1.14 bits per heavy atom. The Morgan fingerprint density at radius 2 is 1.50 bits per heavy atom. The van der Waals surface area contributed by atoms with Gasteiger partial charge in [-0.05, 0) is 32.1 Å². The Labute approximate surface area is 90.2 Å². The quantitative estimate of drug-likeness (QED) is 0.660. The molecule has 0 aromatic heterocycles. The Balaban J connectivity index is 5.03. The average Bonchev–Trinajstić information content (AvgIpc) is 2.01. The number of hydrogen-bond acceptors (Lipinski definition) is 1. The van der Waals surface area contributed by atoms with E-state index in [4.69, 9.17) is 0 Å². The minimum Gasteiger partial charge on any atom is -0.373 e.